The topological polar surface area (TPSA) is 55.4 Å². The van der Waals surface area contributed by atoms with Crippen molar-refractivity contribution in [2.24, 2.45) is 0 Å². The van der Waals surface area contributed by atoms with E-state index >= 15 is 0 Å². The molecule has 0 radical (unpaired) electrons. The van der Waals surface area contributed by atoms with Crippen molar-refractivity contribution in [3.8, 4) is 0 Å². The number of nitrogens with one attached hydrogen (secondary N) is 1. The van der Waals surface area contributed by atoms with Gasteiger partial charge in [-0.15, -0.1) is 23.1 Å². The lowest BCUT2D eigenvalue weighted by Gasteiger charge is -2.07. The summed E-state index contributed by atoms with van der Waals surface area (Å²) in [4.78, 5) is 24.8. The van der Waals surface area contributed by atoms with Crippen LogP contribution in [0.1, 0.15) is 42.9 Å². The van der Waals surface area contributed by atoms with Crippen molar-refractivity contribution >= 4 is 40.0 Å². The second kappa shape index (κ2) is 8.32. The van der Waals surface area contributed by atoms with Crippen LogP contribution in [0.15, 0.2) is 6.07 Å². The molecular formula is C14H21NO3S2. The van der Waals surface area contributed by atoms with Gasteiger partial charge in [-0.2, -0.15) is 0 Å². The number of carbonyl (C=O) groups excluding carboxylic acids is 2. The van der Waals surface area contributed by atoms with Gasteiger partial charge in [0.1, 0.15) is 5.00 Å². The van der Waals surface area contributed by atoms with Crippen LogP contribution in [-0.2, 0) is 16.0 Å². The van der Waals surface area contributed by atoms with Crippen LogP contribution in [-0.4, -0.2) is 29.5 Å². The summed E-state index contributed by atoms with van der Waals surface area (Å²) in [6.07, 6.45) is 0.827. The number of esters is 1. The van der Waals surface area contributed by atoms with Gasteiger partial charge < -0.3 is 10.1 Å². The molecule has 0 saturated carbocycles. The van der Waals surface area contributed by atoms with E-state index in [1.54, 1.807) is 24.8 Å². The minimum absolute atomic E-state index is 0.0845. The summed E-state index contributed by atoms with van der Waals surface area (Å²) in [5.41, 5.74) is 0.455. The normalized spacial score (nSPS) is 10.7. The third kappa shape index (κ3) is 5.17. The fourth-order valence-electron chi connectivity index (χ4n) is 1.47. The van der Waals surface area contributed by atoms with E-state index in [0.29, 0.717) is 28.2 Å². The molecule has 1 rings (SSSR count). The molecule has 0 aliphatic heterocycles. The molecule has 0 atom stereocenters. The van der Waals surface area contributed by atoms with Crippen LogP contribution >= 0.6 is 23.1 Å². The van der Waals surface area contributed by atoms with Gasteiger partial charge >= 0.3 is 5.97 Å². The molecule has 20 heavy (non-hydrogen) atoms. The maximum atomic E-state index is 11.9. The molecule has 1 amide bonds. The highest BCUT2D eigenvalue weighted by Crippen LogP contribution is 2.29. The highest BCUT2D eigenvalue weighted by molar-refractivity contribution is 8.00. The molecule has 0 unspecified atom stereocenters. The average molecular weight is 315 g/mol. The minimum Gasteiger partial charge on any atom is -0.462 e. The summed E-state index contributed by atoms with van der Waals surface area (Å²) in [5.74, 6) is -0.0757. The summed E-state index contributed by atoms with van der Waals surface area (Å²) in [6, 6.07) is 1.80. The van der Waals surface area contributed by atoms with E-state index < -0.39 is 0 Å². The Balaban J connectivity index is 2.79. The predicted octanol–water partition coefficient (Wildman–Crippen LogP) is 3.57. The highest BCUT2D eigenvalue weighted by Gasteiger charge is 2.18. The van der Waals surface area contributed by atoms with Crippen LogP contribution in [0.25, 0.3) is 0 Å². The summed E-state index contributed by atoms with van der Waals surface area (Å²) in [5, 5.41) is 3.81. The Bertz CT molecular complexity index is 469. The summed E-state index contributed by atoms with van der Waals surface area (Å²) in [6.45, 7) is 8.20. The second-order valence-electron chi connectivity index (χ2n) is 4.44. The largest absolute Gasteiger partial charge is 0.462 e. The molecule has 4 nitrogen and oxygen atoms in total. The molecule has 6 heteroatoms. The molecule has 0 saturated heterocycles. The van der Waals surface area contributed by atoms with Gasteiger partial charge in [-0.05, 0) is 24.7 Å². The Hall–Kier alpha value is -1.01. The van der Waals surface area contributed by atoms with Crippen molar-refractivity contribution < 1.29 is 14.3 Å². The van der Waals surface area contributed by atoms with Gasteiger partial charge in [-0.1, -0.05) is 20.8 Å². The van der Waals surface area contributed by atoms with Crippen LogP contribution in [0.4, 0.5) is 5.00 Å². The second-order valence-corrected chi connectivity index (χ2v) is 7.14. The average Bonchev–Trinajstić information content (AvgIpc) is 2.80. The molecule has 0 aliphatic carbocycles. The van der Waals surface area contributed by atoms with E-state index in [0.717, 1.165) is 11.3 Å². The van der Waals surface area contributed by atoms with E-state index in [1.165, 1.54) is 11.3 Å². The predicted molar refractivity (Wildman–Crippen MR) is 85.9 cm³/mol. The van der Waals surface area contributed by atoms with Gasteiger partial charge in [0.15, 0.2) is 0 Å². The van der Waals surface area contributed by atoms with Gasteiger partial charge in [-0.25, -0.2) is 4.79 Å². The molecule has 112 valence electrons. The Kier molecular flexibility index (Phi) is 7.09. The van der Waals surface area contributed by atoms with Gasteiger partial charge in [0.05, 0.1) is 17.9 Å². The standard InChI is InChI=1S/C14H21NO3S2/c1-5-10-7-11(14(17)18-6-2)13(20-10)15-12(16)8-19-9(3)4/h7,9H,5-6,8H2,1-4H3,(H,15,16). The number of ether oxygens (including phenoxy) is 1. The maximum Gasteiger partial charge on any atom is 0.341 e. The van der Waals surface area contributed by atoms with Gasteiger partial charge in [0.25, 0.3) is 0 Å². The van der Waals surface area contributed by atoms with Crippen LogP contribution in [0.2, 0.25) is 0 Å². The smallest absolute Gasteiger partial charge is 0.341 e. The third-order valence-corrected chi connectivity index (χ3v) is 4.72. The number of anilines is 1. The number of hydrogen-bond acceptors (Lipinski definition) is 5. The van der Waals surface area contributed by atoms with Crippen molar-refractivity contribution in [1.29, 1.82) is 0 Å². The number of aryl methyl sites for hydroxylation is 1. The zero-order valence-electron chi connectivity index (χ0n) is 12.3. The lowest BCUT2D eigenvalue weighted by molar-refractivity contribution is -0.113. The van der Waals surface area contributed by atoms with Crippen LogP contribution in [0, 0.1) is 0 Å². The first kappa shape index (κ1) is 17.0. The quantitative estimate of drug-likeness (QED) is 0.782. The third-order valence-electron chi connectivity index (χ3n) is 2.43. The summed E-state index contributed by atoms with van der Waals surface area (Å²) in [7, 11) is 0. The Morgan fingerprint density at radius 2 is 2.10 bits per heavy atom. The first-order chi connectivity index (χ1) is 9.47. The van der Waals surface area contributed by atoms with Crippen LogP contribution in [0.5, 0.6) is 0 Å². The first-order valence-electron chi connectivity index (χ1n) is 6.69. The lowest BCUT2D eigenvalue weighted by Crippen LogP contribution is -2.16. The van der Waals surface area contributed by atoms with E-state index in [4.69, 9.17) is 4.74 Å². The molecular weight excluding hydrogens is 294 g/mol. The van der Waals surface area contributed by atoms with E-state index in [9.17, 15) is 9.59 Å². The van der Waals surface area contributed by atoms with Gasteiger partial charge in [-0.3, -0.25) is 4.79 Å². The van der Waals surface area contributed by atoms with Crippen molar-refractivity contribution in [2.45, 2.75) is 39.4 Å². The monoisotopic (exact) mass is 315 g/mol. The van der Waals surface area contributed by atoms with Crippen molar-refractivity contribution in [3.05, 3.63) is 16.5 Å². The number of thiophene rings is 1. The molecule has 0 fully saturated rings. The van der Waals surface area contributed by atoms with E-state index in [1.807, 2.05) is 20.8 Å². The fourth-order valence-corrected chi connectivity index (χ4v) is 3.03. The van der Waals surface area contributed by atoms with Crippen LogP contribution in [0.3, 0.4) is 0 Å². The first-order valence-corrected chi connectivity index (χ1v) is 8.55. The molecule has 1 N–H and O–H groups in total. The molecule has 0 spiro atoms. The van der Waals surface area contributed by atoms with Crippen molar-refractivity contribution in [2.75, 3.05) is 17.7 Å². The number of hydrogen-bond donors (Lipinski definition) is 1. The Morgan fingerprint density at radius 1 is 1.40 bits per heavy atom. The highest BCUT2D eigenvalue weighted by atomic mass is 32.2. The SMILES string of the molecule is CCOC(=O)c1cc(CC)sc1NC(=O)CSC(C)C. The van der Waals surface area contributed by atoms with Crippen molar-refractivity contribution in [3.63, 3.8) is 0 Å². The Morgan fingerprint density at radius 3 is 2.65 bits per heavy atom. The summed E-state index contributed by atoms with van der Waals surface area (Å²) < 4.78 is 5.02. The molecule has 0 bridgehead atoms. The minimum atomic E-state index is -0.379. The van der Waals surface area contributed by atoms with Crippen molar-refractivity contribution in [1.82, 2.24) is 0 Å². The summed E-state index contributed by atoms with van der Waals surface area (Å²) >= 11 is 3.01. The zero-order valence-corrected chi connectivity index (χ0v) is 14.0. The van der Waals surface area contributed by atoms with Gasteiger partial charge in [0.2, 0.25) is 5.91 Å². The Labute approximate surface area is 128 Å². The lowest BCUT2D eigenvalue weighted by atomic mass is 10.2. The molecule has 1 heterocycles. The van der Waals surface area contributed by atoms with Gasteiger partial charge in [0, 0.05) is 4.88 Å². The maximum absolute atomic E-state index is 11.9. The molecule has 0 aromatic carbocycles. The zero-order chi connectivity index (χ0) is 15.1. The molecule has 0 aliphatic rings. The number of thioether (sulfide) groups is 1. The fraction of sp³-hybridized carbons (Fsp3) is 0.571. The van der Waals surface area contributed by atoms with E-state index in [-0.39, 0.29) is 11.9 Å². The number of carbonyl (C=O) groups is 2. The molecule has 1 aromatic rings. The van der Waals surface area contributed by atoms with E-state index in [2.05, 4.69) is 5.32 Å². The number of rotatable bonds is 7. The van der Waals surface area contributed by atoms with Crippen LogP contribution < -0.4 is 5.32 Å². The number of amides is 1. The molecule has 1 aromatic heterocycles.